The van der Waals surface area contributed by atoms with Crippen LogP contribution in [0.15, 0.2) is 24.3 Å². The van der Waals surface area contributed by atoms with Gasteiger partial charge in [-0.3, -0.25) is 4.79 Å². The van der Waals surface area contributed by atoms with E-state index in [0.717, 1.165) is 31.2 Å². The number of benzene rings is 1. The lowest BCUT2D eigenvalue weighted by Gasteiger charge is -2.37. The van der Waals surface area contributed by atoms with E-state index in [9.17, 15) is 10.1 Å². The Kier molecular flexibility index (Phi) is 6.14. The molecule has 0 unspecified atom stereocenters. The number of ether oxygens (including phenoxy) is 1. The summed E-state index contributed by atoms with van der Waals surface area (Å²) < 4.78 is 5.87. The number of para-hydroxylation sites is 2. The fraction of sp³-hybridized carbons (Fsp3) is 0.565. The van der Waals surface area contributed by atoms with Gasteiger partial charge in [0.1, 0.15) is 5.69 Å². The molecule has 0 spiro atoms. The van der Waals surface area contributed by atoms with Gasteiger partial charge in [-0.15, -0.1) is 0 Å². The fourth-order valence-corrected chi connectivity index (χ4v) is 4.56. The number of carbonyl (C=O) groups excluding carboxylic acids is 1. The number of aromatic nitrogens is 2. The van der Waals surface area contributed by atoms with Gasteiger partial charge in [-0.05, 0) is 38.8 Å². The first-order valence-corrected chi connectivity index (χ1v) is 10.9. The largest absolute Gasteiger partial charge is 0.372 e. The third kappa shape index (κ3) is 4.39. The number of carbonyl (C=O) groups is 1. The quantitative estimate of drug-likeness (QED) is 0.836. The number of hydrogen-bond acceptors (Lipinski definition) is 6. The maximum atomic E-state index is 13.1. The zero-order valence-corrected chi connectivity index (χ0v) is 17.7. The first-order chi connectivity index (χ1) is 14.5. The Labute approximate surface area is 177 Å². The zero-order chi connectivity index (χ0) is 21.1. The molecule has 1 aromatic carbocycles. The van der Waals surface area contributed by atoms with Gasteiger partial charge in [-0.2, -0.15) is 5.26 Å². The average molecular weight is 408 g/mol. The van der Waals surface area contributed by atoms with Gasteiger partial charge in [0.2, 0.25) is 5.91 Å². The highest BCUT2D eigenvalue weighted by Gasteiger charge is 2.32. The smallest absolute Gasteiger partial charge is 0.243 e. The van der Waals surface area contributed by atoms with E-state index < -0.39 is 5.92 Å². The molecule has 7 heteroatoms. The molecule has 30 heavy (non-hydrogen) atoms. The maximum absolute atomic E-state index is 13.1. The van der Waals surface area contributed by atoms with E-state index in [4.69, 9.17) is 14.7 Å². The molecular formula is C23H29N5O2. The summed E-state index contributed by atoms with van der Waals surface area (Å²) in [5.74, 6) is -0.655. The Morgan fingerprint density at radius 1 is 1.13 bits per heavy atom. The SMILES string of the molecule is C[C@@H]1CN(c2nc3ccccc3nc2[C@@H](C#N)C(=O)NC2CCCCC2)C[C@H](C)O1. The zero-order valence-electron chi connectivity index (χ0n) is 17.7. The van der Waals surface area contributed by atoms with Crippen molar-refractivity contribution in [3.63, 3.8) is 0 Å². The predicted octanol–water partition coefficient (Wildman–Crippen LogP) is 3.30. The van der Waals surface area contributed by atoms with Gasteiger partial charge in [-0.1, -0.05) is 31.4 Å². The molecule has 1 amide bonds. The van der Waals surface area contributed by atoms with Crippen molar-refractivity contribution >= 4 is 22.8 Å². The standard InChI is InChI=1S/C23H29N5O2/c1-15-13-28(14-16(2)30-15)22-21(26-19-10-6-7-11-20(19)27-22)18(12-24)23(29)25-17-8-4-3-5-9-17/h6-7,10-11,15-18H,3-5,8-9,13-14H2,1-2H3,(H,25,29)/t15-,16+,18-/m1/s1. The number of amides is 1. The molecule has 3 atom stereocenters. The first kappa shape index (κ1) is 20.5. The lowest BCUT2D eigenvalue weighted by Crippen LogP contribution is -2.47. The van der Waals surface area contributed by atoms with Gasteiger partial charge in [0.15, 0.2) is 11.7 Å². The Morgan fingerprint density at radius 3 is 2.40 bits per heavy atom. The molecule has 1 saturated heterocycles. The minimum Gasteiger partial charge on any atom is -0.372 e. The van der Waals surface area contributed by atoms with Crippen LogP contribution in [0.4, 0.5) is 5.82 Å². The molecular weight excluding hydrogens is 378 g/mol. The topological polar surface area (TPSA) is 91.1 Å². The highest BCUT2D eigenvalue weighted by Crippen LogP contribution is 2.30. The van der Waals surface area contributed by atoms with Gasteiger partial charge in [-0.25, -0.2) is 9.97 Å². The van der Waals surface area contributed by atoms with Gasteiger partial charge in [0, 0.05) is 19.1 Å². The van der Waals surface area contributed by atoms with Crippen LogP contribution >= 0.6 is 0 Å². The molecule has 2 aromatic rings. The molecule has 0 bridgehead atoms. The molecule has 2 aliphatic rings. The monoisotopic (exact) mass is 407 g/mol. The predicted molar refractivity (Wildman–Crippen MR) is 115 cm³/mol. The van der Waals surface area contributed by atoms with Crippen LogP contribution in [0.25, 0.3) is 11.0 Å². The van der Waals surface area contributed by atoms with E-state index in [1.807, 2.05) is 38.1 Å². The second kappa shape index (κ2) is 8.97. The van der Waals surface area contributed by atoms with E-state index in [1.54, 1.807) is 0 Å². The Balaban J connectivity index is 1.71. The normalized spacial score (nSPS) is 23.7. The summed E-state index contributed by atoms with van der Waals surface area (Å²) in [6.07, 6.45) is 5.45. The summed E-state index contributed by atoms with van der Waals surface area (Å²) >= 11 is 0. The number of fused-ring (bicyclic) bond motifs is 1. The van der Waals surface area contributed by atoms with Crippen molar-refractivity contribution < 1.29 is 9.53 Å². The van der Waals surface area contributed by atoms with E-state index in [1.165, 1.54) is 6.42 Å². The lowest BCUT2D eigenvalue weighted by molar-refractivity contribution is -0.122. The summed E-state index contributed by atoms with van der Waals surface area (Å²) in [7, 11) is 0. The number of nitrogens with one attached hydrogen (secondary N) is 1. The molecule has 2 fully saturated rings. The molecule has 0 radical (unpaired) electrons. The second-order valence-corrected chi connectivity index (χ2v) is 8.49. The van der Waals surface area contributed by atoms with Crippen molar-refractivity contribution in [1.82, 2.24) is 15.3 Å². The Hall–Kier alpha value is -2.72. The highest BCUT2D eigenvalue weighted by molar-refractivity contribution is 5.89. The third-order valence-corrected chi connectivity index (χ3v) is 5.91. The molecule has 4 rings (SSSR count). The molecule has 158 valence electrons. The summed E-state index contributed by atoms with van der Waals surface area (Å²) in [5, 5.41) is 13.0. The molecule has 2 heterocycles. The van der Waals surface area contributed by atoms with Crippen molar-refractivity contribution in [2.75, 3.05) is 18.0 Å². The van der Waals surface area contributed by atoms with Gasteiger partial charge < -0.3 is 15.0 Å². The average Bonchev–Trinajstić information content (AvgIpc) is 2.74. The van der Waals surface area contributed by atoms with E-state index in [2.05, 4.69) is 16.3 Å². The summed E-state index contributed by atoms with van der Waals surface area (Å²) in [4.78, 5) is 24.8. The summed E-state index contributed by atoms with van der Waals surface area (Å²) in [6, 6.07) is 9.93. The minimum atomic E-state index is -0.993. The van der Waals surface area contributed by atoms with Crippen LogP contribution in [0.2, 0.25) is 0 Å². The van der Waals surface area contributed by atoms with Gasteiger partial charge in [0.25, 0.3) is 0 Å². The molecule has 1 saturated carbocycles. The number of morpholine rings is 1. The van der Waals surface area contributed by atoms with Crippen LogP contribution in [0, 0.1) is 11.3 Å². The summed E-state index contributed by atoms with van der Waals surface area (Å²) in [5.41, 5.74) is 1.88. The number of nitrogens with zero attached hydrogens (tertiary/aromatic N) is 4. The number of hydrogen-bond donors (Lipinski definition) is 1. The van der Waals surface area contributed by atoms with Crippen molar-refractivity contribution in [2.45, 2.75) is 70.1 Å². The third-order valence-electron chi connectivity index (χ3n) is 5.91. The first-order valence-electron chi connectivity index (χ1n) is 10.9. The molecule has 1 aliphatic carbocycles. The van der Waals surface area contributed by atoms with Crippen LogP contribution in [0.1, 0.15) is 57.6 Å². The second-order valence-electron chi connectivity index (χ2n) is 8.49. The van der Waals surface area contributed by atoms with Gasteiger partial charge >= 0.3 is 0 Å². The van der Waals surface area contributed by atoms with Crippen molar-refractivity contribution in [1.29, 1.82) is 5.26 Å². The molecule has 1 aromatic heterocycles. The fourth-order valence-electron chi connectivity index (χ4n) is 4.56. The number of nitriles is 1. The van der Waals surface area contributed by atoms with Crippen LogP contribution in [-0.2, 0) is 9.53 Å². The van der Waals surface area contributed by atoms with E-state index in [0.29, 0.717) is 30.1 Å². The number of rotatable bonds is 4. The highest BCUT2D eigenvalue weighted by atomic mass is 16.5. The minimum absolute atomic E-state index is 0.0338. The molecule has 7 nitrogen and oxygen atoms in total. The molecule has 1 aliphatic heterocycles. The molecule has 1 N–H and O–H groups in total. The van der Waals surface area contributed by atoms with Crippen LogP contribution < -0.4 is 10.2 Å². The Morgan fingerprint density at radius 2 is 1.77 bits per heavy atom. The van der Waals surface area contributed by atoms with Crippen LogP contribution in [0.5, 0.6) is 0 Å². The van der Waals surface area contributed by atoms with Crippen molar-refractivity contribution in [3.05, 3.63) is 30.0 Å². The van der Waals surface area contributed by atoms with Gasteiger partial charge in [0.05, 0.1) is 29.3 Å². The van der Waals surface area contributed by atoms with Crippen LogP contribution in [0.3, 0.4) is 0 Å². The number of anilines is 1. The maximum Gasteiger partial charge on any atom is 0.243 e. The van der Waals surface area contributed by atoms with Crippen molar-refractivity contribution in [2.24, 2.45) is 0 Å². The van der Waals surface area contributed by atoms with Crippen LogP contribution in [-0.4, -0.2) is 47.2 Å². The Bertz CT molecular complexity index is 940. The summed E-state index contributed by atoms with van der Waals surface area (Å²) in [6.45, 7) is 5.34. The van der Waals surface area contributed by atoms with E-state index >= 15 is 0 Å². The van der Waals surface area contributed by atoms with E-state index in [-0.39, 0.29) is 24.2 Å². The van der Waals surface area contributed by atoms with Crippen molar-refractivity contribution in [3.8, 4) is 6.07 Å². The lowest BCUT2D eigenvalue weighted by atomic mass is 9.94.